The molecule has 0 aromatic heterocycles. The van der Waals surface area contributed by atoms with Crippen LogP contribution in [0.25, 0.3) is 0 Å². The lowest BCUT2D eigenvalue weighted by Gasteiger charge is -2.02. The van der Waals surface area contributed by atoms with E-state index in [1.165, 1.54) is 0 Å². The van der Waals surface area contributed by atoms with Gasteiger partial charge in [-0.3, -0.25) is 4.79 Å². The third-order valence-electron chi connectivity index (χ3n) is 1.11. The zero-order valence-electron chi connectivity index (χ0n) is 4.05. The fraction of sp³-hybridized carbons (Fsp3) is 0.750. The fourth-order valence-electron chi connectivity index (χ4n) is 0.669. The molecule has 40 valence electrons. The van der Waals surface area contributed by atoms with Crippen molar-refractivity contribution in [1.29, 1.82) is 0 Å². The van der Waals surface area contributed by atoms with Crippen molar-refractivity contribution in [1.82, 2.24) is 4.67 Å². The summed E-state index contributed by atoms with van der Waals surface area (Å²) in [4.78, 5) is 10.5. The van der Waals surface area contributed by atoms with Gasteiger partial charge in [0.05, 0.1) is 0 Å². The molecule has 1 atom stereocenters. The smallest absolute Gasteiger partial charge is 0.225 e. The minimum Gasteiger partial charge on any atom is -0.327 e. The highest BCUT2D eigenvalue weighted by molar-refractivity contribution is 7.14. The molecule has 0 saturated carbocycles. The molecule has 0 radical (unpaired) electrons. The van der Waals surface area contributed by atoms with E-state index in [4.69, 9.17) is 0 Å². The van der Waals surface area contributed by atoms with Gasteiger partial charge in [-0.1, -0.05) is 0 Å². The van der Waals surface area contributed by atoms with Crippen molar-refractivity contribution in [3.63, 3.8) is 0 Å². The number of hydrogen-bond donors (Lipinski definition) is 0. The van der Waals surface area contributed by atoms with Crippen molar-refractivity contribution in [3.8, 4) is 0 Å². The van der Waals surface area contributed by atoms with E-state index in [2.05, 4.69) is 9.39 Å². The molecular weight excluding hydrogens is 109 g/mol. The fourth-order valence-corrected chi connectivity index (χ4v) is 0.981. The Kier molecular flexibility index (Phi) is 1.29. The molecule has 1 rings (SSSR count). The van der Waals surface area contributed by atoms with Crippen molar-refractivity contribution in [3.05, 3.63) is 0 Å². The largest absolute Gasteiger partial charge is 0.327 e. The first kappa shape index (κ1) is 5.04. The van der Waals surface area contributed by atoms with E-state index < -0.39 is 0 Å². The van der Waals surface area contributed by atoms with Gasteiger partial charge in [-0.2, -0.15) is 0 Å². The van der Waals surface area contributed by atoms with Gasteiger partial charge in [0.1, 0.15) is 0 Å². The summed E-state index contributed by atoms with van der Waals surface area (Å²) in [6, 6.07) is 0. The van der Waals surface area contributed by atoms with Crippen LogP contribution in [0.5, 0.6) is 0 Å². The maximum absolute atomic E-state index is 10.5. The molecule has 7 heavy (non-hydrogen) atoms. The summed E-state index contributed by atoms with van der Waals surface area (Å²) >= 11 is 0. The lowest BCUT2D eigenvalue weighted by molar-refractivity contribution is -0.123. The number of nitrogens with zero attached hydrogens (tertiary/aromatic N) is 1. The number of amides is 1. The first-order chi connectivity index (χ1) is 3.30. The Bertz CT molecular complexity index is 93.7. The van der Waals surface area contributed by atoms with Crippen LogP contribution in [0, 0.1) is 0 Å². The van der Waals surface area contributed by atoms with Crippen LogP contribution in [0.1, 0.15) is 12.8 Å². The molecule has 1 aliphatic heterocycles. The lowest BCUT2D eigenvalue weighted by atomic mass is 10.4. The minimum atomic E-state index is 0.255. The van der Waals surface area contributed by atoms with Crippen LogP contribution >= 0.6 is 9.39 Å². The van der Waals surface area contributed by atoms with Crippen molar-refractivity contribution in [2.75, 3.05) is 6.54 Å². The summed E-state index contributed by atoms with van der Waals surface area (Å²) in [6.45, 7) is 0.920. The standard InChI is InChI=1S/C4H8NOP/c6-4-2-1-3-5(4)7/h1-3,7H2. The van der Waals surface area contributed by atoms with E-state index in [9.17, 15) is 4.79 Å². The van der Waals surface area contributed by atoms with E-state index in [0.29, 0.717) is 0 Å². The summed E-state index contributed by atoms with van der Waals surface area (Å²) in [7, 11) is 2.40. The van der Waals surface area contributed by atoms with Crippen LogP contribution in [-0.4, -0.2) is 17.1 Å². The molecule has 0 N–H and O–H groups in total. The van der Waals surface area contributed by atoms with Gasteiger partial charge < -0.3 is 4.67 Å². The Labute approximate surface area is 45.1 Å². The van der Waals surface area contributed by atoms with E-state index >= 15 is 0 Å². The average Bonchev–Trinajstić information content (AvgIpc) is 1.91. The number of rotatable bonds is 0. The van der Waals surface area contributed by atoms with E-state index in [-0.39, 0.29) is 5.91 Å². The number of carbonyl (C=O) groups excluding carboxylic acids is 1. The van der Waals surface area contributed by atoms with Gasteiger partial charge in [0.25, 0.3) is 0 Å². The second-order valence-electron chi connectivity index (χ2n) is 1.69. The van der Waals surface area contributed by atoms with Crippen LogP contribution in [0.4, 0.5) is 0 Å². The minimum absolute atomic E-state index is 0.255. The zero-order valence-corrected chi connectivity index (χ0v) is 5.21. The monoisotopic (exact) mass is 117 g/mol. The van der Waals surface area contributed by atoms with Crippen molar-refractivity contribution in [2.24, 2.45) is 0 Å². The van der Waals surface area contributed by atoms with Gasteiger partial charge in [0, 0.05) is 13.0 Å². The summed E-state index contributed by atoms with van der Waals surface area (Å²) in [5.41, 5.74) is 0. The van der Waals surface area contributed by atoms with Crippen LogP contribution in [0.15, 0.2) is 0 Å². The second-order valence-corrected chi connectivity index (χ2v) is 2.31. The van der Waals surface area contributed by atoms with Gasteiger partial charge in [0.2, 0.25) is 5.91 Å². The second kappa shape index (κ2) is 1.79. The molecule has 2 nitrogen and oxygen atoms in total. The third kappa shape index (κ3) is 0.916. The average molecular weight is 117 g/mol. The zero-order chi connectivity index (χ0) is 5.28. The van der Waals surface area contributed by atoms with Crippen molar-refractivity contribution < 1.29 is 4.79 Å². The van der Waals surface area contributed by atoms with Crippen molar-refractivity contribution in [2.45, 2.75) is 12.8 Å². The molecule has 0 aromatic carbocycles. The molecule has 0 aliphatic carbocycles. The normalized spacial score (nSPS) is 21.3. The molecule has 0 spiro atoms. The van der Waals surface area contributed by atoms with Gasteiger partial charge in [-0.25, -0.2) is 0 Å². The summed E-state index contributed by atoms with van der Waals surface area (Å²) in [6.07, 6.45) is 1.77. The maximum atomic E-state index is 10.5. The first-order valence-electron chi connectivity index (χ1n) is 2.36. The Hall–Kier alpha value is -0.100. The highest BCUT2D eigenvalue weighted by Crippen LogP contribution is 2.12. The van der Waals surface area contributed by atoms with Gasteiger partial charge in [0.15, 0.2) is 0 Å². The summed E-state index contributed by atoms with van der Waals surface area (Å²) < 4.78 is 1.68. The maximum Gasteiger partial charge on any atom is 0.225 e. The van der Waals surface area contributed by atoms with E-state index in [1.807, 2.05) is 0 Å². The molecule has 1 fully saturated rings. The third-order valence-corrected chi connectivity index (χ3v) is 1.66. The molecular formula is C4H8NOP. The number of carbonyl (C=O) groups is 1. The van der Waals surface area contributed by atoms with Crippen LogP contribution in [-0.2, 0) is 4.79 Å². The van der Waals surface area contributed by atoms with Gasteiger partial charge >= 0.3 is 0 Å². The van der Waals surface area contributed by atoms with E-state index in [1.54, 1.807) is 4.67 Å². The Morgan fingerprint density at radius 2 is 2.43 bits per heavy atom. The molecule has 0 bridgehead atoms. The predicted molar refractivity (Wildman–Crippen MR) is 30.7 cm³/mol. The highest BCUT2D eigenvalue weighted by atomic mass is 31.0. The predicted octanol–water partition coefficient (Wildman–Crippen LogP) is 0.399. The highest BCUT2D eigenvalue weighted by Gasteiger charge is 2.14. The van der Waals surface area contributed by atoms with Crippen LogP contribution in [0.2, 0.25) is 0 Å². The lowest BCUT2D eigenvalue weighted by Crippen LogP contribution is -2.10. The van der Waals surface area contributed by atoms with Gasteiger partial charge in [-0.05, 0) is 15.8 Å². The summed E-state index contributed by atoms with van der Waals surface area (Å²) in [5, 5.41) is 0. The molecule has 1 saturated heterocycles. The number of hydrogen-bond acceptors (Lipinski definition) is 1. The SMILES string of the molecule is O=C1CCCN1P. The molecule has 0 aromatic rings. The topological polar surface area (TPSA) is 20.3 Å². The Morgan fingerprint density at radius 1 is 1.71 bits per heavy atom. The van der Waals surface area contributed by atoms with Crippen molar-refractivity contribution >= 4 is 15.3 Å². The first-order valence-corrected chi connectivity index (χ1v) is 2.87. The molecule has 1 unspecified atom stereocenters. The molecule has 1 heterocycles. The Morgan fingerprint density at radius 3 is 2.57 bits per heavy atom. The van der Waals surface area contributed by atoms with Gasteiger partial charge in [-0.15, -0.1) is 0 Å². The van der Waals surface area contributed by atoms with Crippen LogP contribution < -0.4 is 0 Å². The quantitative estimate of drug-likeness (QED) is 0.420. The van der Waals surface area contributed by atoms with E-state index in [0.717, 1.165) is 19.4 Å². The molecule has 1 aliphatic rings. The molecule has 3 heteroatoms. The van der Waals surface area contributed by atoms with Crippen LogP contribution in [0.3, 0.4) is 0 Å². The Balaban J connectivity index is 2.48. The molecule has 1 amide bonds. The summed E-state index contributed by atoms with van der Waals surface area (Å²) in [5.74, 6) is 0.255.